The van der Waals surface area contributed by atoms with Gasteiger partial charge in [0.2, 0.25) is 0 Å². The van der Waals surface area contributed by atoms with Crippen molar-refractivity contribution in [2.24, 2.45) is 16.8 Å². The van der Waals surface area contributed by atoms with Crippen LogP contribution >= 0.6 is 0 Å². The smallest absolute Gasteiger partial charge is 0.195 e. The van der Waals surface area contributed by atoms with Crippen LogP contribution in [0.2, 0.25) is 0 Å². The summed E-state index contributed by atoms with van der Waals surface area (Å²) in [4.78, 5) is 4.83. The number of anilines is 1. The Balaban J connectivity index is 1.32. The quantitative estimate of drug-likeness (QED) is 0.315. The fourth-order valence-electron chi connectivity index (χ4n) is 3.47. The van der Waals surface area contributed by atoms with Crippen molar-refractivity contribution in [2.75, 3.05) is 44.8 Å². The lowest BCUT2D eigenvalue weighted by atomic mass is 10.2. The van der Waals surface area contributed by atoms with E-state index in [1.54, 1.807) is 6.20 Å². The Morgan fingerprint density at radius 1 is 1.28 bits per heavy atom. The van der Waals surface area contributed by atoms with Crippen LogP contribution in [0.3, 0.4) is 0 Å². The summed E-state index contributed by atoms with van der Waals surface area (Å²) in [6.45, 7) is 7.54. The minimum Gasteiger partial charge on any atom is -0.490 e. The number of aliphatic imine (C=N–C) groups is 1. The summed E-state index contributed by atoms with van der Waals surface area (Å²) >= 11 is 0. The highest BCUT2D eigenvalue weighted by Gasteiger charge is 2.20. The van der Waals surface area contributed by atoms with Gasteiger partial charge in [-0.2, -0.15) is 5.10 Å². The lowest BCUT2D eigenvalue weighted by Gasteiger charge is -2.16. The monoisotopic (exact) mass is 441 g/mol. The number of aromatic nitrogens is 2. The number of fused-ring (bicyclic) bond motifs is 1. The Morgan fingerprint density at radius 3 is 2.97 bits per heavy atom. The number of hydrogen-bond donors (Lipinski definition) is 2. The largest absolute Gasteiger partial charge is 0.490 e. The van der Waals surface area contributed by atoms with Gasteiger partial charge in [-0.25, -0.2) is 0 Å². The first-order chi connectivity index (χ1) is 15.8. The van der Waals surface area contributed by atoms with Crippen molar-refractivity contribution in [1.29, 1.82) is 0 Å². The summed E-state index contributed by atoms with van der Waals surface area (Å²) in [5.41, 5.74) is 0.921. The molecule has 1 fully saturated rings. The lowest BCUT2D eigenvalue weighted by molar-refractivity contribution is 0.123. The Morgan fingerprint density at radius 2 is 2.16 bits per heavy atom. The molecule has 2 aliphatic rings. The number of nitrogens with one attached hydrogen (secondary N) is 2. The van der Waals surface area contributed by atoms with Gasteiger partial charge in [0.05, 0.1) is 13.2 Å². The maximum Gasteiger partial charge on any atom is 0.195 e. The van der Waals surface area contributed by atoms with Crippen molar-refractivity contribution in [1.82, 2.24) is 15.1 Å². The molecule has 4 rings (SSSR count). The second-order valence-electron chi connectivity index (χ2n) is 8.66. The fourth-order valence-corrected chi connectivity index (χ4v) is 3.47. The second-order valence-corrected chi connectivity index (χ2v) is 8.66. The number of nitrogens with zero attached hydrogens (tertiary/aromatic N) is 3. The van der Waals surface area contributed by atoms with Crippen LogP contribution in [0, 0.1) is 11.8 Å². The predicted octanol–water partition coefficient (Wildman–Crippen LogP) is 3.55. The zero-order chi connectivity index (χ0) is 22.0. The van der Waals surface area contributed by atoms with Gasteiger partial charge >= 0.3 is 0 Å². The molecule has 1 aliphatic carbocycles. The molecule has 1 aliphatic heterocycles. The molecule has 0 spiro atoms. The first kappa shape index (κ1) is 22.5. The van der Waals surface area contributed by atoms with Crippen molar-refractivity contribution in [3.05, 3.63) is 36.7 Å². The van der Waals surface area contributed by atoms with Crippen molar-refractivity contribution in [2.45, 2.75) is 39.2 Å². The van der Waals surface area contributed by atoms with Crippen LogP contribution in [0.1, 0.15) is 32.6 Å². The van der Waals surface area contributed by atoms with Gasteiger partial charge < -0.3 is 24.8 Å². The molecule has 8 heteroatoms. The van der Waals surface area contributed by atoms with E-state index in [2.05, 4.69) is 22.7 Å². The minimum atomic E-state index is 0.360. The van der Waals surface area contributed by atoms with Gasteiger partial charge in [0.15, 0.2) is 17.5 Å². The van der Waals surface area contributed by atoms with Crippen molar-refractivity contribution in [3.63, 3.8) is 0 Å². The van der Waals surface area contributed by atoms with Gasteiger partial charge in [0.25, 0.3) is 0 Å². The molecule has 8 nitrogen and oxygen atoms in total. The van der Waals surface area contributed by atoms with Gasteiger partial charge in [-0.05, 0) is 49.3 Å². The van der Waals surface area contributed by atoms with E-state index in [1.165, 1.54) is 12.8 Å². The summed E-state index contributed by atoms with van der Waals surface area (Å²) in [5, 5.41) is 11.2. The molecule has 2 aromatic rings. The molecule has 2 heterocycles. The molecule has 0 saturated heterocycles. The van der Waals surface area contributed by atoms with Crippen molar-refractivity contribution in [3.8, 4) is 11.5 Å². The molecule has 1 aromatic carbocycles. The molecule has 0 radical (unpaired) electrons. The summed E-state index contributed by atoms with van der Waals surface area (Å²) in [6, 6.07) is 7.87. The first-order valence-corrected chi connectivity index (χ1v) is 11.8. The Kier molecular flexibility index (Phi) is 8.25. The van der Waals surface area contributed by atoms with Gasteiger partial charge in [-0.3, -0.25) is 9.67 Å². The average Bonchev–Trinajstić information content (AvgIpc) is 3.54. The molecule has 1 atom stereocenters. The van der Waals surface area contributed by atoms with Crippen LogP contribution in [0.5, 0.6) is 11.5 Å². The van der Waals surface area contributed by atoms with E-state index < -0.39 is 0 Å². The molecule has 2 N–H and O–H groups in total. The molecule has 1 aromatic heterocycles. The Labute approximate surface area is 190 Å². The second kappa shape index (κ2) is 11.8. The molecular formula is C24H35N5O3. The molecule has 32 heavy (non-hydrogen) atoms. The van der Waals surface area contributed by atoms with Crippen molar-refractivity contribution >= 4 is 11.6 Å². The topological polar surface area (TPSA) is 81.9 Å². The van der Waals surface area contributed by atoms with Gasteiger partial charge in [0, 0.05) is 63.4 Å². The highest BCUT2D eigenvalue weighted by atomic mass is 16.5. The standard InChI is InChI=1S/C24H35N5O3/c1-19(17-29-11-2-10-27-29)16-26-24(25-9-3-12-30-18-20-5-6-20)28-21-7-8-22-23(15-21)32-14-4-13-31-22/h2,7-8,10-11,15,19-20H,3-6,9,12-14,16-18H2,1H3,(H2,25,26,28). The highest BCUT2D eigenvalue weighted by Crippen LogP contribution is 2.32. The normalized spacial score (nSPS) is 17.0. The van der Waals surface area contributed by atoms with Crippen molar-refractivity contribution < 1.29 is 14.2 Å². The summed E-state index contributed by atoms with van der Waals surface area (Å²) in [5.74, 6) is 3.48. The molecule has 1 saturated carbocycles. The summed E-state index contributed by atoms with van der Waals surface area (Å²) < 4.78 is 19.3. The number of guanidine groups is 1. The molecule has 0 bridgehead atoms. The number of benzene rings is 1. The van der Waals surface area contributed by atoms with E-state index in [0.29, 0.717) is 25.7 Å². The number of rotatable bonds is 11. The third-order valence-corrected chi connectivity index (χ3v) is 5.44. The maximum atomic E-state index is 5.83. The van der Waals surface area contributed by atoms with Crippen LogP contribution in [0.4, 0.5) is 5.69 Å². The molecule has 1 unspecified atom stereocenters. The molecule has 0 amide bonds. The van der Waals surface area contributed by atoms with E-state index >= 15 is 0 Å². The van der Waals surface area contributed by atoms with E-state index in [9.17, 15) is 0 Å². The lowest BCUT2D eigenvalue weighted by Crippen LogP contribution is -2.33. The molecule has 174 valence electrons. The van der Waals surface area contributed by atoms with Gasteiger partial charge in [0.1, 0.15) is 0 Å². The predicted molar refractivity (Wildman–Crippen MR) is 126 cm³/mol. The third kappa shape index (κ3) is 7.44. The SMILES string of the molecule is CC(CN=C(NCCCOCC1CC1)Nc1ccc2c(c1)OCCCO2)Cn1cccn1. The summed E-state index contributed by atoms with van der Waals surface area (Å²) in [7, 11) is 0. The number of ether oxygens (including phenoxy) is 3. The van der Waals surface area contributed by atoms with Gasteiger partial charge in [-0.15, -0.1) is 0 Å². The fraction of sp³-hybridized carbons (Fsp3) is 0.583. The van der Waals surface area contributed by atoms with E-state index in [4.69, 9.17) is 19.2 Å². The van der Waals surface area contributed by atoms with E-state index in [-0.39, 0.29) is 0 Å². The van der Waals surface area contributed by atoms with E-state index in [0.717, 1.165) is 68.2 Å². The molecular weight excluding hydrogens is 406 g/mol. The zero-order valence-electron chi connectivity index (χ0n) is 19.0. The average molecular weight is 442 g/mol. The van der Waals surface area contributed by atoms with Crippen LogP contribution in [-0.2, 0) is 11.3 Å². The van der Waals surface area contributed by atoms with Crippen LogP contribution < -0.4 is 20.1 Å². The minimum absolute atomic E-state index is 0.360. The van der Waals surface area contributed by atoms with Crippen LogP contribution in [0.15, 0.2) is 41.7 Å². The van der Waals surface area contributed by atoms with Crippen LogP contribution in [0.25, 0.3) is 0 Å². The Bertz CT molecular complexity index is 851. The first-order valence-electron chi connectivity index (χ1n) is 11.8. The maximum absolute atomic E-state index is 5.83. The third-order valence-electron chi connectivity index (χ3n) is 5.44. The summed E-state index contributed by atoms with van der Waals surface area (Å²) in [6.07, 6.45) is 8.27. The Hall–Kier alpha value is -2.74. The zero-order valence-corrected chi connectivity index (χ0v) is 19.0. The van der Waals surface area contributed by atoms with E-state index in [1.807, 2.05) is 35.1 Å². The van der Waals surface area contributed by atoms with Gasteiger partial charge in [-0.1, -0.05) is 6.92 Å². The number of hydrogen-bond acceptors (Lipinski definition) is 5. The van der Waals surface area contributed by atoms with Crippen LogP contribution in [-0.4, -0.2) is 55.3 Å². The highest BCUT2D eigenvalue weighted by molar-refractivity contribution is 5.94.